The third kappa shape index (κ3) is 4.79. The maximum atomic E-state index is 14.0. The van der Waals surface area contributed by atoms with Gasteiger partial charge in [0.05, 0.1) is 21.1 Å². The number of carbonyl (C=O) groups excluding carboxylic acids is 1. The van der Waals surface area contributed by atoms with E-state index >= 15 is 0 Å². The quantitative estimate of drug-likeness (QED) is 0.199. The van der Waals surface area contributed by atoms with E-state index in [0.29, 0.717) is 17.8 Å². The number of benzene rings is 4. The van der Waals surface area contributed by atoms with Gasteiger partial charge in [-0.3, -0.25) is 25.0 Å². The van der Waals surface area contributed by atoms with Gasteiger partial charge in [-0.15, -0.1) is 0 Å². The summed E-state index contributed by atoms with van der Waals surface area (Å²) >= 11 is 6.64. The number of hydrogen-bond acceptors (Lipinski definition) is 6. The van der Waals surface area contributed by atoms with Crippen molar-refractivity contribution in [1.82, 2.24) is 4.90 Å². The lowest BCUT2D eigenvalue weighted by Crippen LogP contribution is -2.49. The van der Waals surface area contributed by atoms with E-state index in [1.165, 1.54) is 30.3 Å². The summed E-state index contributed by atoms with van der Waals surface area (Å²) in [4.78, 5) is 39.6. The monoisotopic (exact) mass is 528 g/mol. The highest BCUT2D eigenvalue weighted by Crippen LogP contribution is 2.44. The molecule has 1 aliphatic rings. The van der Waals surface area contributed by atoms with Crippen LogP contribution < -0.4 is 4.90 Å². The summed E-state index contributed by atoms with van der Waals surface area (Å²) < 4.78 is 0. The minimum atomic E-state index is -0.829. The third-order valence-corrected chi connectivity index (χ3v) is 6.79. The van der Waals surface area contributed by atoms with Crippen LogP contribution in [0.5, 0.6) is 0 Å². The largest absolute Gasteiger partial charge is 0.342 e. The molecule has 0 aromatic heterocycles. The summed E-state index contributed by atoms with van der Waals surface area (Å²) in [6, 6.07) is 27.1. The highest BCUT2D eigenvalue weighted by molar-refractivity contribution is 6.31. The van der Waals surface area contributed by atoms with Crippen LogP contribution in [0.15, 0.2) is 97.1 Å². The van der Waals surface area contributed by atoms with Crippen molar-refractivity contribution < 1.29 is 14.6 Å². The van der Waals surface area contributed by atoms with Gasteiger partial charge in [0, 0.05) is 47.9 Å². The molecule has 1 atom stereocenters. The minimum absolute atomic E-state index is 0.150. The first-order valence-electron chi connectivity index (χ1n) is 11.7. The first-order valence-corrected chi connectivity index (χ1v) is 12.1. The number of hydrogen-bond donors (Lipinski definition) is 0. The molecule has 0 spiro atoms. The Morgan fingerprint density at radius 3 is 1.82 bits per heavy atom. The molecule has 1 heterocycles. The van der Waals surface area contributed by atoms with Gasteiger partial charge in [0.2, 0.25) is 0 Å². The van der Waals surface area contributed by atoms with Crippen LogP contribution in [0.4, 0.5) is 17.1 Å². The van der Waals surface area contributed by atoms with Gasteiger partial charge < -0.3 is 9.80 Å². The summed E-state index contributed by atoms with van der Waals surface area (Å²) in [5, 5.41) is 23.5. The van der Waals surface area contributed by atoms with Crippen LogP contribution in [-0.2, 0) is 13.1 Å². The van der Waals surface area contributed by atoms with Crippen molar-refractivity contribution >= 4 is 34.6 Å². The van der Waals surface area contributed by atoms with Crippen molar-refractivity contribution in [2.45, 2.75) is 19.3 Å². The van der Waals surface area contributed by atoms with E-state index in [1.54, 1.807) is 11.0 Å². The second-order valence-electron chi connectivity index (χ2n) is 8.83. The number of nitro groups is 2. The Morgan fingerprint density at radius 1 is 0.711 bits per heavy atom. The van der Waals surface area contributed by atoms with Crippen LogP contribution in [0.1, 0.15) is 33.2 Å². The van der Waals surface area contributed by atoms with Crippen LogP contribution in [0.25, 0.3) is 0 Å². The molecule has 4 aromatic rings. The molecule has 0 aliphatic carbocycles. The molecule has 1 amide bonds. The van der Waals surface area contributed by atoms with E-state index in [9.17, 15) is 25.0 Å². The van der Waals surface area contributed by atoms with Crippen molar-refractivity contribution in [2.24, 2.45) is 0 Å². The van der Waals surface area contributed by atoms with Crippen LogP contribution in [0.2, 0.25) is 5.02 Å². The van der Waals surface area contributed by atoms with E-state index in [4.69, 9.17) is 11.6 Å². The van der Waals surface area contributed by atoms with E-state index in [0.717, 1.165) is 11.1 Å². The molecule has 0 bridgehead atoms. The molecule has 0 radical (unpaired) electrons. The number of nitrogens with zero attached hydrogens (tertiary/aromatic N) is 4. The fraction of sp³-hybridized carbons (Fsp3) is 0.107. The Kier molecular flexibility index (Phi) is 6.76. The van der Waals surface area contributed by atoms with Gasteiger partial charge in [-0.1, -0.05) is 72.3 Å². The van der Waals surface area contributed by atoms with E-state index < -0.39 is 21.9 Å². The number of halogens is 1. The van der Waals surface area contributed by atoms with Crippen LogP contribution in [0, 0.1) is 20.2 Å². The molecule has 0 saturated heterocycles. The molecular formula is C28H21ClN4O5. The lowest BCUT2D eigenvalue weighted by atomic mass is 9.98. The molecule has 0 fully saturated rings. The van der Waals surface area contributed by atoms with Crippen molar-refractivity contribution in [3.8, 4) is 0 Å². The molecule has 9 nitrogen and oxygen atoms in total. The van der Waals surface area contributed by atoms with Gasteiger partial charge in [0.1, 0.15) is 6.17 Å². The minimum Gasteiger partial charge on any atom is -0.342 e. The average Bonchev–Trinajstić information content (AvgIpc) is 2.92. The summed E-state index contributed by atoms with van der Waals surface area (Å²) in [7, 11) is 0. The Bertz CT molecular complexity index is 1530. The zero-order valence-corrected chi connectivity index (χ0v) is 20.7. The van der Waals surface area contributed by atoms with Gasteiger partial charge in [-0.05, 0) is 23.3 Å². The van der Waals surface area contributed by atoms with E-state index in [1.807, 2.05) is 65.6 Å². The third-order valence-electron chi connectivity index (χ3n) is 6.44. The normalized spacial score (nSPS) is 14.8. The first kappa shape index (κ1) is 24.9. The molecule has 0 N–H and O–H groups in total. The topological polar surface area (TPSA) is 110 Å². The van der Waals surface area contributed by atoms with E-state index in [2.05, 4.69) is 0 Å². The second kappa shape index (κ2) is 10.3. The Balaban J connectivity index is 1.75. The SMILES string of the molecule is O=C1c2cc([N+](=O)[O-])ccc2N(Cc2ccccc2)[C@@H](c2cc([N+](=O)[O-])ccc2Cl)N1Cc1ccccc1. The first-order chi connectivity index (χ1) is 18.3. The number of rotatable bonds is 7. The fourth-order valence-electron chi connectivity index (χ4n) is 4.69. The molecule has 38 heavy (non-hydrogen) atoms. The van der Waals surface area contributed by atoms with E-state index in [-0.39, 0.29) is 28.5 Å². The number of non-ortho nitro benzene ring substituents is 2. The molecule has 0 unspecified atom stereocenters. The highest BCUT2D eigenvalue weighted by atomic mass is 35.5. The molecular weight excluding hydrogens is 508 g/mol. The number of anilines is 1. The molecule has 0 saturated carbocycles. The van der Waals surface area contributed by atoms with Crippen molar-refractivity contribution in [2.75, 3.05) is 4.90 Å². The summed E-state index contributed by atoms with van der Waals surface area (Å²) in [6.07, 6.45) is -0.829. The lowest BCUT2D eigenvalue weighted by Gasteiger charge is -2.46. The number of fused-ring (bicyclic) bond motifs is 1. The maximum absolute atomic E-state index is 14.0. The predicted molar refractivity (Wildman–Crippen MR) is 143 cm³/mol. The number of nitro benzene ring substituents is 2. The Hall–Kier alpha value is -4.76. The van der Waals surface area contributed by atoms with Gasteiger partial charge in [-0.2, -0.15) is 0 Å². The lowest BCUT2D eigenvalue weighted by molar-refractivity contribution is -0.385. The van der Waals surface area contributed by atoms with Crippen LogP contribution >= 0.6 is 11.6 Å². The van der Waals surface area contributed by atoms with Crippen molar-refractivity contribution in [1.29, 1.82) is 0 Å². The second-order valence-corrected chi connectivity index (χ2v) is 9.23. The molecule has 5 rings (SSSR count). The smallest absolute Gasteiger partial charge is 0.270 e. The number of carbonyl (C=O) groups is 1. The molecule has 1 aliphatic heterocycles. The highest BCUT2D eigenvalue weighted by Gasteiger charge is 2.41. The standard InChI is InChI=1S/C28H21ClN4O5/c29-25-13-11-21(32(35)36)15-23(25)27-30(17-19-7-3-1-4-8-19)26-14-12-22(33(37)38)16-24(26)28(34)31(27)18-20-9-5-2-6-10-20/h1-16,27H,17-18H2/t27-/m1/s1. The Labute approximate surface area is 222 Å². The summed E-state index contributed by atoms with van der Waals surface area (Å²) in [5.74, 6) is -0.440. The Morgan fingerprint density at radius 2 is 1.24 bits per heavy atom. The predicted octanol–water partition coefficient (Wildman–Crippen LogP) is 6.52. The molecule has 190 valence electrons. The zero-order chi connectivity index (χ0) is 26.8. The van der Waals surface area contributed by atoms with Gasteiger partial charge in [0.25, 0.3) is 17.3 Å². The van der Waals surface area contributed by atoms with Gasteiger partial charge in [0.15, 0.2) is 0 Å². The van der Waals surface area contributed by atoms with Crippen LogP contribution in [-0.4, -0.2) is 20.7 Å². The summed E-state index contributed by atoms with van der Waals surface area (Å²) in [6.45, 7) is 0.463. The zero-order valence-electron chi connectivity index (χ0n) is 19.9. The fourth-order valence-corrected chi connectivity index (χ4v) is 4.91. The average molecular weight is 529 g/mol. The summed E-state index contributed by atoms with van der Waals surface area (Å²) in [5.41, 5.74) is 2.39. The van der Waals surface area contributed by atoms with Gasteiger partial charge in [-0.25, -0.2) is 0 Å². The van der Waals surface area contributed by atoms with Crippen LogP contribution in [0.3, 0.4) is 0 Å². The van der Waals surface area contributed by atoms with Crippen molar-refractivity contribution in [3.63, 3.8) is 0 Å². The maximum Gasteiger partial charge on any atom is 0.270 e. The molecule has 10 heteroatoms. The van der Waals surface area contributed by atoms with Crippen molar-refractivity contribution in [3.05, 3.63) is 145 Å². The van der Waals surface area contributed by atoms with Gasteiger partial charge >= 0.3 is 0 Å². The number of amides is 1. The molecule has 4 aromatic carbocycles.